The van der Waals surface area contributed by atoms with Crippen LogP contribution in [-0.4, -0.2) is 40.4 Å². The van der Waals surface area contributed by atoms with Gasteiger partial charge in [-0.05, 0) is 12.8 Å². The van der Waals surface area contributed by atoms with Crippen LogP contribution in [0.15, 0.2) is 12.7 Å². The third kappa shape index (κ3) is 3.30. The van der Waals surface area contributed by atoms with Gasteiger partial charge >= 0.3 is 11.9 Å². The Hall–Kier alpha value is -1.41. The number of carbonyl (C=O) groups is 2. The van der Waals surface area contributed by atoms with Gasteiger partial charge in [0.1, 0.15) is 5.41 Å². The summed E-state index contributed by atoms with van der Waals surface area (Å²) in [5, 5.41) is 15.7. The van der Waals surface area contributed by atoms with Gasteiger partial charge in [-0.1, -0.05) is 19.4 Å². The molecule has 0 fully saturated rings. The van der Waals surface area contributed by atoms with Crippen LogP contribution < -0.4 is 0 Å². The smallest absolute Gasteiger partial charge is 0.325 e. The molecule has 0 rings (SSSR count). The number of carboxylic acid groups (broad SMARTS) is 2. The Morgan fingerprint density at radius 1 is 1.39 bits per heavy atom. The predicted octanol–water partition coefficient (Wildman–Crippen LogP) is 0.775. The summed E-state index contributed by atoms with van der Waals surface area (Å²) in [5.41, 5.74) is -2.12. The minimum atomic E-state index is -5.04. The third-order valence-electron chi connectivity index (χ3n) is 2.65. The van der Waals surface area contributed by atoms with E-state index >= 15 is 0 Å². The SMILES string of the molecule is C=CCC(CCC)(C(=O)O)C(C(=O)O)S(=O)(=O)O. The Morgan fingerprint density at radius 3 is 2.11 bits per heavy atom. The van der Waals surface area contributed by atoms with E-state index in [1.165, 1.54) is 0 Å². The highest BCUT2D eigenvalue weighted by atomic mass is 32.2. The van der Waals surface area contributed by atoms with Crippen molar-refractivity contribution in [1.82, 2.24) is 0 Å². The quantitative estimate of drug-likeness (QED) is 0.442. The second kappa shape index (κ2) is 5.96. The number of hydrogen-bond acceptors (Lipinski definition) is 4. The van der Waals surface area contributed by atoms with Gasteiger partial charge in [0, 0.05) is 0 Å². The highest BCUT2D eigenvalue weighted by Crippen LogP contribution is 2.37. The van der Waals surface area contributed by atoms with E-state index < -0.39 is 32.7 Å². The van der Waals surface area contributed by atoms with E-state index in [0.717, 1.165) is 6.08 Å². The molecule has 2 unspecified atom stereocenters. The molecule has 0 radical (unpaired) electrons. The number of carboxylic acids is 2. The van der Waals surface area contributed by atoms with Gasteiger partial charge in [-0.3, -0.25) is 14.1 Å². The third-order valence-corrected chi connectivity index (χ3v) is 3.90. The summed E-state index contributed by atoms with van der Waals surface area (Å²) in [4.78, 5) is 22.3. The lowest BCUT2D eigenvalue weighted by Crippen LogP contribution is -2.50. The van der Waals surface area contributed by atoms with Crippen molar-refractivity contribution in [3.8, 4) is 0 Å². The summed E-state index contributed by atoms with van der Waals surface area (Å²) in [6, 6.07) is 0. The van der Waals surface area contributed by atoms with Crippen LogP contribution in [0, 0.1) is 5.41 Å². The Bertz CT molecular complexity index is 439. The highest BCUT2D eigenvalue weighted by Gasteiger charge is 2.54. The van der Waals surface area contributed by atoms with Crippen molar-refractivity contribution in [2.75, 3.05) is 0 Å². The van der Waals surface area contributed by atoms with Gasteiger partial charge in [-0.25, -0.2) is 0 Å². The summed E-state index contributed by atoms with van der Waals surface area (Å²) >= 11 is 0. The van der Waals surface area contributed by atoms with Crippen molar-refractivity contribution in [3.63, 3.8) is 0 Å². The molecule has 104 valence electrons. The van der Waals surface area contributed by atoms with E-state index in [-0.39, 0.29) is 19.3 Å². The van der Waals surface area contributed by atoms with Gasteiger partial charge in [-0.2, -0.15) is 8.42 Å². The van der Waals surface area contributed by atoms with Crippen molar-refractivity contribution < 1.29 is 32.8 Å². The highest BCUT2D eigenvalue weighted by molar-refractivity contribution is 7.87. The van der Waals surface area contributed by atoms with Crippen LogP contribution in [-0.2, 0) is 19.7 Å². The average Bonchev–Trinajstić information content (AvgIpc) is 2.14. The Balaban J connectivity index is 6.00. The fourth-order valence-corrected chi connectivity index (χ4v) is 3.14. The lowest BCUT2D eigenvalue weighted by Gasteiger charge is -2.31. The Labute approximate surface area is 105 Å². The molecule has 18 heavy (non-hydrogen) atoms. The molecular weight excluding hydrogens is 264 g/mol. The molecule has 3 N–H and O–H groups in total. The van der Waals surface area contributed by atoms with E-state index in [4.69, 9.17) is 9.66 Å². The van der Waals surface area contributed by atoms with Crippen molar-refractivity contribution in [2.24, 2.45) is 5.41 Å². The van der Waals surface area contributed by atoms with Crippen molar-refractivity contribution in [1.29, 1.82) is 0 Å². The largest absolute Gasteiger partial charge is 0.481 e. The van der Waals surface area contributed by atoms with Gasteiger partial charge in [-0.15, -0.1) is 6.58 Å². The first-order valence-corrected chi connectivity index (χ1v) is 6.67. The number of rotatable bonds is 8. The van der Waals surface area contributed by atoms with E-state index in [1.807, 2.05) is 0 Å². The first-order valence-electron chi connectivity index (χ1n) is 5.17. The zero-order chi connectivity index (χ0) is 14.6. The molecule has 0 heterocycles. The molecule has 2 atom stereocenters. The Kier molecular flexibility index (Phi) is 5.50. The molecule has 0 aromatic rings. The van der Waals surface area contributed by atoms with Gasteiger partial charge in [0.05, 0.1) is 0 Å². The summed E-state index contributed by atoms with van der Waals surface area (Å²) in [6.45, 7) is 4.89. The number of allylic oxidation sites excluding steroid dienone is 1. The first-order chi connectivity index (χ1) is 8.13. The van der Waals surface area contributed by atoms with Crippen LogP contribution in [0.1, 0.15) is 26.2 Å². The standard InChI is InChI=1S/C10H16O7S/c1-3-5-10(6-4-2,9(13)14)7(8(11)12)18(15,16)17/h3,7H,1,4-6H2,2H3,(H,11,12)(H,13,14)(H,15,16,17). The molecule has 0 aliphatic rings. The Morgan fingerprint density at radius 2 is 1.89 bits per heavy atom. The molecule has 0 spiro atoms. The van der Waals surface area contributed by atoms with Crippen LogP contribution in [0.2, 0.25) is 0 Å². The first kappa shape index (κ1) is 16.6. The fraction of sp³-hybridized carbons (Fsp3) is 0.600. The van der Waals surface area contributed by atoms with Crippen LogP contribution in [0.3, 0.4) is 0 Å². The van der Waals surface area contributed by atoms with Crippen LogP contribution in [0.25, 0.3) is 0 Å². The van der Waals surface area contributed by atoms with E-state index in [2.05, 4.69) is 6.58 Å². The molecular formula is C10H16O7S. The van der Waals surface area contributed by atoms with Crippen LogP contribution >= 0.6 is 0 Å². The minimum Gasteiger partial charge on any atom is -0.481 e. The van der Waals surface area contributed by atoms with Crippen LogP contribution in [0.5, 0.6) is 0 Å². The summed E-state index contributed by atoms with van der Waals surface area (Å²) in [7, 11) is -5.04. The summed E-state index contributed by atoms with van der Waals surface area (Å²) in [6.07, 6.45) is 0.808. The molecule has 8 heteroatoms. The zero-order valence-electron chi connectivity index (χ0n) is 9.87. The number of hydrogen-bond donors (Lipinski definition) is 3. The lowest BCUT2D eigenvalue weighted by molar-refractivity contribution is -0.155. The fourth-order valence-electron chi connectivity index (χ4n) is 2.00. The molecule has 0 aromatic heterocycles. The van der Waals surface area contributed by atoms with Crippen molar-refractivity contribution >= 4 is 22.1 Å². The summed E-state index contributed by atoms with van der Waals surface area (Å²) in [5.74, 6) is -3.48. The maximum absolute atomic E-state index is 11.3. The predicted molar refractivity (Wildman–Crippen MR) is 62.8 cm³/mol. The lowest BCUT2D eigenvalue weighted by atomic mass is 9.77. The van der Waals surface area contributed by atoms with Crippen molar-refractivity contribution in [2.45, 2.75) is 31.4 Å². The second-order valence-corrected chi connectivity index (χ2v) is 5.44. The topological polar surface area (TPSA) is 129 Å². The maximum Gasteiger partial charge on any atom is 0.325 e. The monoisotopic (exact) mass is 280 g/mol. The van der Waals surface area contributed by atoms with E-state index in [0.29, 0.717) is 0 Å². The van der Waals surface area contributed by atoms with Gasteiger partial charge in [0.15, 0.2) is 5.25 Å². The molecule has 0 bridgehead atoms. The normalized spacial score (nSPS) is 16.6. The molecule has 0 aliphatic heterocycles. The second-order valence-electron chi connectivity index (χ2n) is 3.94. The molecule has 0 amide bonds. The van der Waals surface area contributed by atoms with Crippen molar-refractivity contribution in [3.05, 3.63) is 12.7 Å². The molecule has 7 nitrogen and oxygen atoms in total. The van der Waals surface area contributed by atoms with E-state index in [9.17, 15) is 23.1 Å². The van der Waals surface area contributed by atoms with Gasteiger partial charge < -0.3 is 10.2 Å². The van der Waals surface area contributed by atoms with Gasteiger partial charge in [0.25, 0.3) is 10.1 Å². The molecule has 0 aromatic carbocycles. The molecule has 0 saturated carbocycles. The number of aliphatic carboxylic acids is 2. The van der Waals surface area contributed by atoms with Crippen LogP contribution in [0.4, 0.5) is 0 Å². The zero-order valence-corrected chi connectivity index (χ0v) is 10.7. The summed E-state index contributed by atoms with van der Waals surface area (Å²) < 4.78 is 31.3. The molecule has 0 saturated heterocycles. The minimum absolute atomic E-state index is 0.203. The van der Waals surface area contributed by atoms with E-state index in [1.54, 1.807) is 6.92 Å². The maximum atomic E-state index is 11.3. The molecule has 0 aliphatic carbocycles. The van der Waals surface area contributed by atoms with Gasteiger partial charge in [0.2, 0.25) is 0 Å². The average molecular weight is 280 g/mol.